The van der Waals surface area contributed by atoms with Crippen molar-refractivity contribution in [2.45, 2.75) is 84.1 Å². The summed E-state index contributed by atoms with van der Waals surface area (Å²) in [6, 6.07) is 0. The Morgan fingerprint density at radius 2 is 1.68 bits per heavy atom. The first-order chi connectivity index (χ1) is 9.20. The van der Waals surface area contributed by atoms with E-state index in [0.29, 0.717) is 0 Å². The summed E-state index contributed by atoms with van der Waals surface area (Å²) < 4.78 is 0. The van der Waals surface area contributed by atoms with Crippen molar-refractivity contribution in [3.63, 3.8) is 0 Å². The minimum atomic E-state index is 0.281. The van der Waals surface area contributed by atoms with E-state index in [4.69, 9.17) is 0 Å². The molecule has 1 fully saturated rings. The van der Waals surface area contributed by atoms with E-state index >= 15 is 0 Å². The maximum absolute atomic E-state index is 4.68. The molecule has 0 radical (unpaired) electrons. The maximum Gasteiger partial charge on any atom is 0.157 e. The predicted molar refractivity (Wildman–Crippen MR) is 89.2 cm³/mol. The molecule has 2 nitrogen and oxygen atoms in total. The van der Waals surface area contributed by atoms with Crippen molar-refractivity contribution < 1.29 is 0 Å². The van der Waals surface area contributed by atoms with Crippen LogP contribution < -0.4 is 5.32 Å². The van der Waals surface area contributed by atoms with Crippen molar-refractivity contribution in [2.75, 3.05) is 12.3 Å². The van der Waals surface area contributed by atoms with Crippen LogP contribution in [0.4, 0.5) is 0 Å². The monoisotopic (exact) mass is 284 g/mol. The average molecular weight is 285 g/mol. The zero-order chi connectivity index (χ0) is 14.0. The summed E-state index contributed by atoms with van der Waals surface area (Å²) in [6.07, 6.45) is 12.2. The molecular weight excluding hydrogens is 252 g/mol. The van der Waals surface area contributed by atoms with E-state index in [9.17, 15) is 0 Å². The van der Waals surface area contributed by atoms with Crippen LogP contribution in [-0.2, 0) is 0 Å². The lowest BCUT2D eigenvalue weighted by Gasteiger charge is -2.20. The van der Waals surface area contributed by atoms with Gasteiger partial charge in [0.25, 0.3) is 0 Å². The van der Waals surface area contributed by atoms with Crippen molar-refractivity contribution in [1.82, 2.24) is 5.32 Å². The van der Waals surface area contributed by atoms with Crippen LogP contribution in [0, 0.1) is 0 Å². The van der Waals surface area contributed by atoms with Crippen molar-refractivity contribution in [1.29, 1.82) is 0 Å². The molecule has 1 saturated heterocycles. The summed E-state index contributed by atoms with van der Waals surface area (Å²) in [7, 11) is 0. The third-order valence-corrected chi connectivity index (χ3v) is 5.27. The van der Waals surface area contributed by atoms with Gasteiger partial charge in [0.2, 0.25) is 0 Å². The van der Waals surface area contributed by atoms with Crippen LogP contribution in [0.5, 0.6) is 0 Å². The third kappa shape index (κ3) is 7.24. The number of hydrogen-bond acceptors (Lipinski definition) is 2. The fourth-order valence-corrected chi connectivity index (χ4v) is 3.49. The van der Waals surface area contributed by atoms with Gasteiger partial charge in [-0.25, -0.2) is 0 Å². The topological polar surface area (TPSA) is 24.4 Å². The van der Waals surface area contributed by atoms with E-state index < -0.39 is 0 Å². The van der Waals surface area contributed by atoms with E-state index in [1.54, 1.807) is 0 Å². The Hall–Kier alpha value is -0.180. The zero-order valence-corrected chi connectivity index (χ0v) is 14.0. The van der Waals surface area contributed by atoms with Crippen molar-refractivity contribution >= 4 is 16.9 Å². The van der Waals surface area contributed by atoms with Crippen LogP contribution in [0.2, 0.25) is 0 Å². The first kappa shape index (κ1) is 16.9. The van der Waals surface area contributed by atoms with Crippen LogP contribution in [0.1, 0.15) is 78.6 Å². The number of aliphatic imine (C=N–C) groups is 1. The van der Waals surface area contributed by atoms with Gasteiger partial charge in [0.05, 0.1) is 0 Å². The molecule has 1 rings (SSSR count). The molecule has 1 N–H and O–H groups in total. The van der Waals surface area contributed by atoms with Gasteiger partial charge >= 0.3 is 0 Å². The molecule has 3 heteroatoms. The Kier molecular flexibility index (Phi) is 8.60. The number of nitrogens with zero attached hydrogens (tertiary/aromatic N) is 1. The van der Waals surface area contributed by atoms with Crippen LogP contribution in [-0.4, -0.2) is 23.0 Å². The summed E-state index contributed by atoms with van der Waals surface area (Å²) in [4.78, 5) is 4.68. The third-order valence-electron chi connectivity index (χ3n) is 3.98. The second-order valence-electron chi connectivity index (χ2n) is 5.99. The molecule has 0 aromatic rings. The van der Waals surface area contributed by atoms with Gasteiger partial charge in [0.15, 0.2) is 5.17 Å². The quantitative estimate of drug-likeness (QED) is 0.572. The van der Waals surface area contributed by atoms with Gasteiger partial charge in [-0.3, -0.25) is 4.99 Å². The first-order valence-electron chi connectivity index (χ1n) is 8.15. The molecule has 0 spiro atoms. The second kappa shape index (κ2) is 9.68. The highest BCUT2D eigenvalue weighted by Crippen LogP contribution is 2.25. The SMILES string of the molecule is CCCCCCCCCCN=C1NC(C)(CC)CS1. The molecular formula is C16H32N2S. The van der Waals surface area contributed by atoms with Crippen LogP contribution in [0.3, 0.4) is 0 Å². The molecule has 0 aromatic carbocycles. The maximum atomic E-state index is 4.68. The van der Waals surface area contributed by atoms with E-state index in [-0.39, 0.29) is 5.54 Å². The summed E-state index contributed by atoms with van der Waals surface area (Å²) in [5, 5.41) is 4.73. The summed E-state index contributed by atoms with van der Waals surface area (Å²) in [5.41, 5.74) is 0.281. The molecule has 1 aliphatic heterocycles. The second-order valence-corrected chi connectivity index (χ2v) is 6.95. The van der Waals surface area contributed by atoms with Gasteiger partial charge in [-0.15, -0.1) is 0 Å². The molecule has 1 aliphatic rings. The molecule has 112 valence electrons. The lowest BCUT2D eigenvalue weighted by molar-refractivity contribution is 0.466. The Balaban J connectivity index is 1.96. The Morgan fingerprint density at radius 1 is 1.05 bits per heavy atom. The molecule has 1 heterocycles. The molecule has 0 amide bonds. The van der Waals surface area contributed by atoms with E-state index in [2.05, 4.69) is 31.1 Å². The summed E-state index contributed by atoms with van der Waals surface area (Å²) in [5.74, 6) is 1.17. The van der Waals surface area contributed by atoms with Crippen molar-refractivity contribution in [2.24, 2.45) is 4.99 Å². The molecule has 19 heavy (non-hydrogen) atoms. The average Bonchev–Trinajstić information content (AvgIpc) is 2.79. The van der Waals surface area contributed by atoms with Crippen LogP contribution >= 0.6 is 11.8 Å². The fourth-order valence-electron chi connectivity index (χ4n) is 2.26. The smallest absolute Gasteiger partial charge is 0.157 e. The lowest BCUT2D eigenvalue weighted by atomic mass is 10.0. The Morgan fingerprint density at radius 3 is 2.26 bits per heavy atom. The number of amidine groups is 1. The van der Waals surface area contributed by atoms with Crippen molar-refractivity contribution in [3.8, 4) is 0 Å². The number of nitrogens with one attached hydrogen (secondary N) is 1. The normalized spacial score (nSPS) is 24.9. The van der Waals surface area contributed by atoms with Gasteiger partial charge in [0.1, 0.15) is 0 Å². The molecule has 0 aromatic heterocycles. The minimum absolute atomic E-state index is 0.281. The molecule has 0 aliphatic carbocycles. The predicted octanol–water partition coefficient (Wildman–Crippen LogP) is 4.99. The Bertz CT molecular complexity index is 265. The van der Waals surface area contributed by atoms with Crippen molar-refractivity contribution in [3.05, 3.63) is 0 Å². The van der Waals surface area contributed by atoms with Crippen LogP contribution in [0.25, 0.3) is 0 Å². The van der Waals surface area contributed by atoms with E-state index in [1.807, 2.05) is 11.8 Å². The molecule has 0 bridgehead atoms. The fraction of sp³-hybridized carbons (Fsp3) is 0.938. The number of unbranched alkanes of at least 4 members (excludes halogenated alkanes) is 7. The number of hydrogen-bond donors (Lipinski definition) is 1. The van der Waals surface area contributed by atoms with E-state index in [1.165, 1.54) is 68.7 Å². The number of thioether (sulfide) groups is 1. The lowest BCUT2D eigenvalue weighted by Crippen LogP contribution is -2.39. The summed E-state index contributed by atoms with van der Waals surface area (Å²) in [6.45, 7) is 7.82. The van der Waals surface area contributed by atoms with E-state index in [0.717, 1.165) is 6.54 Å². The first-order valence-corrected chi connectivity index (χ1v) is 9.14. The standard InChI is InChI=1S/C16H32N2S/c1-4-6-7-8-9-10-11-12-13-17-15-18-16(3,5-2)14-19-15/h4-14H2,1-3H3,(H,17,18). The molecule has 1 unspecified atom stereocenters. The number of rotatable bonds is 10. The minimum Gasteiger partial charge on any atom is -0.359 e. The van der Waals surface area contributed by atoms with Gasteiger partial charge < -0.3 is 5.32 Å². The van der Waals surface area contributed by atoms with Gasteiger partial charge in [-0.1, -0.05) is 70.6 Å². The molecule has 1 atom stereocenters. The van der Waals surface area contributed by atoms with Gasteiger partial charge in [-0.05, 0) is 19.8 Å². The summed E-state index contributed by atoms with van der Waals surface area (Å²) >= 11 is 1.89. The highest BCUT2D eigenvalue weighted by atomic mass is 32.2. The zero-order valence-electron chi connectivity index (χ0n) is 13.1. The molecule has 0 saturated carbocycles. The largest absolute Gasteiger partial charge is 0.359 e. The van der Waals surface area contributed by atoms with Gasteiger partial charge in [-0.2, -0.15) is 0 Å². The Labute approximate surface area is 124 Å². The van der Waals surface area contributed by atoms with Gasteiger partial charge in [0, 0.05) is 17.8 Å². The highest BCUT2D eigenvalue weighted by Gasteiger charge is 2.30. The van der Waals surface area contributed by atoms with Crippen LogP contribution in [0.15, 0.2) is 4.99 Å². The highest BCUT2D eigenvalue weighted by molar-refractivity contribution is 8.14.